The summed E-state index contributed by atoms with van der Waals surface area (Å²) < 4.78 is 7.79. The molecule has 2 rings (SSSR count). The molecule has 4 heteroatoms. The van der Waals surface area contributed by atoms with E-state index in [9.17, 15) is 0 Å². The van der Waals surface area contributed by atoms with Gasteiger partial charge in [0.1, 0.15) is 0 Å². The minimum absolute atomic E-state index is 0.0890. The molecule has 0 saturated heterocycles. The maximum absolute atomic E-state index is 6.49. The van der Waals surface area contributed by atoms with Crippen LogP contribution in [0, 0.1) is 5.41 Å². The van der Waals surface area contributed by atoms with E-state index in [0.717, 1.165) is 37.8 Å². The molecule has 0 spiro atoms. The molecule has 1 unspecified atom stereocenters. The molecule has 1 aromatic heterocycles. The van der Waals surface area contributed by atoms with Crippen LogP contribution >= 0.6 is 0 Å². The van der Waals surface area contributed by atoms with Crippen LogP contribution in [0.1, 0.15) is 58.1 Å². The van der Waals surface area contributed by atoms with Gasteiger partial charge in [0.2, 0.25) is 0 Å². The molecule has 0 aliphatic heterocycles. The molecular weight excluding hydrogens is 238 g/mol. The van der Waals surface area contributed by atoms with Crippen molar-refractivity contribution in [3.05, 3.63) is 18.0 Å². The summed E-state index contributed by atoms with van der Waals surface area (Å²) in [6.07, 6.45) is 8.30. The Bertz CT molecular complexity index is 415. The third kappa shape index (κ3) is 2.84. The molecule has 0 bridgehead atoms. The van der Waals surface area contributed by atoms with Crippen LogP contribution in [0.15, 0.2) is 12.4 Å². The van der Waals surface area contributed by atoms with E-state index in [1.54, 1.807) is 7.11 Å². The molecule has 1 aromatic rings. The fraction of sp³-hybridized carbons (Fsp3) is 0.800. The maximum Gasteiger partial charge on any atom is 0.0871 e. The van der Waals surface area contributed by atoms with Gasteiger partial charge < -0.3 is 10.5 Å². The van der Waals surface area contributed by atoms with Gasteiger partial charge in [0, 0.05) is 25.4 Å². The van der Waals surface area contributed by atoms with E-state index in [1.807, 2.05) is 17.1 Å². The first-order valence-electron chi connectivity index (χ1n) is 7.25. The van der Waals surface area contributed by atoms with Crippen molar-refractivity contribution < 1.29 is 4.74 Å². The molecular formula is C15H27N3O. The minimum atomic E-state index is -0.225. The first-order chi connectivity index (χ1) is 8.92. The van der Waals surface area contributed by atoms with E-state index in [1.165, 1.54) is 0 Å². The standard InChI is InChI=1S/C15H27N3O/c1-5-18-11-12(10-17-18)13(16)15(19-4)8-6-14(2,3)7-9-15/h10-11,13H,5-9,16H2,1-4H3. The zero-order chi connectivity index (χ0) is 14.1. The Labute approximate surface area is 116 Å². The van der Waals surface area contributed by atoms with Crippen molar-refractivity contribution in [1.29, 1.82) is 0 Å². The summed E-state index contributed by atoms with van der Waals surface area (Å²) in [5.74, 6) is 0. The number of hydrogen-bond donors (Lipinski definition) is 1. The lowest BCUT2D eigenvalue weighted by Crippen LogP contribution is -2.47. The van der Waals surface area contributed by atoms with Crippen molar-refractivity contribution in [2.45, 2.75) is 64.6 Å². The van der Waals surface area contributed by atoms with Crippen LogP contribution in [-0.2, 0) is 11.3 Å². The summed E-state index contributed by atoms with van der Waals surface area (Å²) in [4.78, 5) is 0. The Balaban J connectivity index is 2.17. The number of nitrogens with two attached hydrogens (primary N) is 1. The maximum atomic E-state index is 6.49. The molecule has 19 heavy (non-hydrogen) atoms. The molecule has 108 valence electrons. The lowest BCUT2D eigenvalue weighted by Gasteiger charge is -2.45. The number of aryl methyl sites for hydroxylation is 1. The zero-order valence-electron chi connectivity index (χ0n) is 12.6. The number of rotatable bonds is 4. The Morgan fingerprint density at radius 1 is 1.37 bits per heavy atom. The van der Waals surface area contributed by atoms with Gasteiger partial charge in [-0.2, -0.15) is 5.10 Å². The highest BCUT2D eigenvalue weighted by Gasteiger charge is 2.43. The van der Waals surface area contributed by atoms with Gasteiger partial charge in [0.25, 0.3) is 0 Å². The molecule has 0 amide bonds. The Kier molecular flexibility index (Phi) is 4.02. The fourth-order valence-electron chi connectivity index (χ4n) is 3.01. The predicted molar refractivity (Wildman–Crippen MR) is 76.8 cm³/mol. The quantitative estimate of drug-likeness (QED) is 0.910. The van der Waals surface area contributed by atoms with Gasteiger partial charge in [-0.3, -0.25) is 4.68 Å². The van der Waals surface area contributed by atoms with E-state index < -0.39 is 0 Å². The van der Waals surface area contributed by atoms with Crippen molar-refractivity contribution in [1.82, 2.24) is 9.78 Å². The summed E-state index contributed by atoms with van der Waals surface area (Å²) in [7, 11) is 1.79. The van der Waals surface area contributed by atoms with Gasteiger partial charge in [-0.05, 0) is 38.0 Å². The van der Waals surface area contributed by atoms with Crippen LogP contribution in [0.5, 0.6) is 0 Å². The average molecular weight is 265 g/mol. The van der Waals surface area contributed by atoms with Gasteiger partial charge in [0.15, 0.2) is 0 Å². The Morgan fingerprint density at radius 2 is 2.00 bits per heavy atom. The molecule has 4 nitrogen and oxygen atoms in total. The summed E-state index contributed by atoms with van der Waals surface area (Å²) in [6, 6.07) is -0.0890. The fourth-order valence-corrected chi connectivity index (χ4v) is 3.01. The lowest BCUT2D eigenvalue weighted by molar-refractivity contribution is -0.0794. The topological polar surface area (TPSA) is 53.1 Å². The average Bonchev–Trinajstić information content (AvgIpc) is 2.87. The van der Waals surface area contributed by atoms with E-state index in [4.69, 9.17) is 10.5 Å². The minimum Gasteiger partial charge on any atom is -0.376 e. The van der Waals surface area contributed by atoms with E-state index >= 15 is 0 Å². The number of methoxy groups -OCH3 is 1. The van der Waals surface area contributed by atoms with Crippen LogP contribution in [0.25, 0.3) is 0 Å². The van der Waals surface area contributed by atoms with Crippen LogP contribution in [0.4, 0.5) is 0 Å². The Hall–Kier alpha value is -0.870. The van der Waals surface area contributed by atoms with Gasteiger partial charge in [-0.1, -0.05) is 13.8 Å². The number of nitrogens with zero attached hydrogens (tertiary/aromatic N) is 2. The second kappa shape index (κ2) is 5.25. The molecule has 1 aliphatic rings. The number of ether oxygens (including phenoxy) is 1. The van der Waals surface area contributed by atoms with Gasteiger partial charge in [-0.25, -0.2) is 0 Å². The van der Waals surface area contributed by atoms with Crippen LogP contribution < -0.4 is 5.73 Å². The summed E-state index contributed by atoms with van der Waals surface area (Å²) >= 11 is 0. The van der Waals surface area contributed by atoms with Crippen LogP contribution in [-0.4, -0.2) is 22.5 Å². The van der Waals surface area contributed by atoms with Crippen molar-refractivity contribution in [3.63, 3.8) is 0 Å². The summed E-state index contributed by atoms with van der Waals surface area (Å²) in [5.41, 5.74) is 7.77. The number of aromatic nitrogens is 2. The van der Waals surface area contributed by atoms with E-state index in [-0.39, 0.29) is 11.6 Å². The summed E-state index contributed by atoms with van der Waals surface area (Å²) in [5, 5.41) is 4.33. The first kappa shape index (κ1) is 14.5. The van der Waals surface area contributed by atoms with Gasteiger partial charge in [0.05, 0.1) is 17.8 Å². The van der Waals surface area contributed by atoms with Crippen molar-refractivity contribution >= 4 is 0 Å². The number of hydrogen-bond acceptors (Lipinski definition) is 3. The largest absolute Gasteiger partial charge is 0.376 e. The van der Waals surface area contributed by atoms with Gasteiger partial charge in [-0.15, -0.1) is 0 Å². The smallest absolute Gasteiger partial charge is 0.0871 e. The second-order valence-corrected chi connectivity index (χ2v) is 6.54. The van der Waals surface area contributed by atoms with Crippen molar-refractivity contribution in [2.75, 3.05) is 7.11 Å². The van der Waals surface area contributed by atoms with Crippen LogP contribution in [0.2, 0.25) is 0 Å². The van der Waals surface area contributed by atoms with E-state index in [2.05, 4.69) is 25.9 Å². The SMILES string of the molecule is CCn1cc(C(N)C2(OC)CCC(C)(C)CC2)cn1. The first-order valence-corrected chi connectivity index (χ1v) is 7.25. The molecule has 0 radical (unpaired) electrons. The molecule has 1 aliphatic carbocycles. The molecule has 1 saturated carbocycles. The van der Waals surface area contributed by atoms with E-state index in [0.29, 0.717) is 5.41 Å². The summed E-state index contributed by atoms with van der Waals surface area (Å²) in [6.45, 7) is 7.61. The molecule has 1 fully saturated rings. The highest BCUT2D eigenvalue weighted by Crippen LogP contribution is 2.46. The van der Waals surface area contributed by atoms with Crippen molar-refractivity contribution in [3.8, 4) is 0 Å². The monoisotopic (exact) mass is 265 g/mol. The second-order valence-electron chi connectivity index (χ2n) is 6.54. The van der Waals surface area contributed by atoms with Gasteiger partial charge >= 0.3 is 0 Å². The molecule has 2 N–H and O–H groups in total. The Morgan fingerprint density at radius 3 is 2.47 bits per heavy atom. The lowest BCUT2D eigenvalue weighted by atomic mass is 9.68. The highest BCUT2D eigenvalue weighted by atomic mass is 16.5. The third-order valence-electron chi connectivity index (χ3n) is 4.76. The molecule has 1 heterocycles. The van der Waals surface area contributed by atoms with Crippen molar-refractivity contribution in [2.24, 2.45) is 11.1 Å². The molecule has 1 atom stereocenters. The third-order valence-corrected chi connectivity index (χ3v) is 4.76. The predicted octanol–water partition coefficient (Wildman–Crippen LogP) is 2.89. The van der Waals surface area contributed by atoms with Crippen LogP contribution in [0.3, 0.4) is 0 Å². The normalized spacial score (nSPS) is 23.2. The zero-order valence-corrected chi connectivity index (χ0v) is 12.6. The highest BCUT2D eigenvalue weighted by molar-refractivity contribution is 5.16. The molecule has 0 aromatic carbocycles.